The van der Waals surface area contributed by atoms with Crippen molar-refractivity contribution in [2.24, 2.45) is 10.3 Å². The molecule has 11 rings (SSSR count). The van der Waals surface area contributed by atoms with E-state index in [9.17, 15) is 43.2 Å². The molecule has 0 aliphatic carbocycles. The molecule has 1 saturated heterocycles. The number of sulfonamides is 2. The van der Waals surface area contributed by atoms with Crippen LogP contribution in [-0.2, 0) is 41.9 Å². The molecule has 10 aromatic rings. The number of aromatic nitrogens is 8. The summed E-state index contributed by atoms with van der Waals surface area (Å²) in [6.07, 6.45) is 13.3. The van der Waals surface area contributed by atoms with Crippen molar-refractivity contribution in [3.05, 3.63) is 252 Å². The standard InChI is InChI=1S/2C17H14F3N3O2S.2C12H10N2.C4H8O2/c2*1-11-2-4-12(5-3-11)15-10-16(17(18,19)20)22-23(15)13-6-8-14(9-7-13)26(21,24)25;2*1(11-3-7-13-8-4-11)2-12-5-9-14-10-6-12;1-2-6-4-3-5-1/h2*2-10H,1H3,(H2,21,24,25);2*1-10H;1-4H2/b;;2*2-1+;. The lowest BCUT2D eigenvalue weighted by Crippen LogP contribution is -2.16. The lowest BCUT2D eigenvalue weighted by molar-refractivity contribution is -0.142. The van der Waals surface area contributed by atoms with Crippen molar-refractivity contribution < 1.29 is 52.7 Å². The molecule has 444 valence electrons. The number of rotatable bonds is 10. The monoisotopic (exact) mass is 1210 g/mol. The molecule has 0 spiro atoms. The number of aryl methyl sites for hydroxylation is 2. The highest BCUT2D eigenvalue weighted by Crippen LogP contribution is 2.35. The van der Waals surface area contributed by atoms with Crippen LogP contribution in [0.3, 0.4) is 0 Å². The van der Waals surface area contributed by atoms with E-state index in [2.05, 4.69) is 54.4 Å². The Morgan fingerprint density at radius 1 is 0.407 bits per heavy atom. The van der Waals surface area contributed by atoms with E-state index in [4.69, 9.17) is 19.8 Å². The van der Waals surface area contributed by atoms with Crippen molar-refractivity contribution in [2.45, 2.75) is 36.0 Å². The van der Waals surface area contributed by atoms with Gasteiger partial charge in [-0.1, -0.05) is 84.0 Å². The molecular weight excluding hydrogens is 1160 g/mol. The molecule has 24 heteroatoms. The largest absolute Gasteiger partial charge is 0.435 e. The van der Waals surface area contributed by atoms with Gasteiger partial charge < -0.3 is 9.47 Å². The first kappa shape index (κ1) is 64.3. The molecule has 1 aliphatic heterocycles. The highest BCUT2D eigenvalue weighted by atomic mass is 32.2. The Morgan fingerprint density at radius 2 is 0.663 bits per heavy atom. The van der Waals surface area contributed by atoms with Crippen LogP contribution in [-0.4, -0.2) is 82.8 Å². The summed E-state index contributed by atoms with van der Waals surface area (Å²) in [5, 5.41) is 17.4. The van der Waals surface area contributed by atoms with Crippen LogP contribution in [0.1, 0.15) is 44.8 Å². The maximum atomic E-state index is 13.1. The second kappa shape index (κ2) is 30.0. The van der Waals surface area contributed by atoms with Gasteiger partial charge >= 0.3 is 12.4 Å². The SMILES string of the molecule is C(=C\c1ccncc1)/c1ccncc1.C(=C\c1ccncc1)/c1ccncc1.C1COCCO1.Cc1ccc(-c2cc(C(F)(F)F)nn2-c2ccc(S(N)(=O)=O)cc2)cc1.Cc1ccc(-c2cc(C(F)(F)F)nn2-c2ccc(S(N)(=O)=O)cc2)cc1. The summed E-state index contributed by atoms with van der Waals surface area (Å²) in [7, 11) is -7.79. The van der Waals surface area contributed by atoms with Crippen molar-refractivity contribution in [1.29, 1.82) is 0 Å². The van der Waals surface area contributed by atoms with Gasteiger partial charge in [-0.05, 0) is 145 Å². The first-order chi connectivity index (χ1) is 41.0. The van der Waals surface area contributed by atoms with Gasteiger partial charge in [0, 0.05) is 60.7 Å². The van der Waals surface area contributed by atoms with Gasteiger partial charge in [-0.3, -0.25) is 19.9 Å². The fourth-order valence-corrected chi connectivity index (χ4v) is 8.60. The third-order valence-electron chi connectivity index (χ3n) is 12.0. The normalized spacial score (nSPS) is 12.6. The number of hydrogen-bond donors (Lipinski definition) is 2. The summed E-state index contributed by atoms with van der Waals surface area (Å²) >= 11 is 0. The number of ether oxygens (including phenoxy) is 2. The first-order valence-corrected chi connectivity index (χ1v) is 29.0. The number of hydrogen-bond acceptors (Lipinski definition) is 12. The van der Waals surface area contributed by atoms with Gasteiger partial charge in [-0.25, -0.2) is 36.5 Å². The quantitative estimate of drug-likeness (QED) is 0.122. The molecule has 0 atom stereocenters. The van der Waals surface area contributed by atoms with Gasteiger partial charge in [0.15, 0.2) is 11.4 Å². The van der Waals surface area contributed by atoms with Crippen LogP contribution >= 0.6 is 0 Å². The van der Waals surface area contributed by atoms with Crippen LogP contribution in [0.15, 0.2) is 217 Å². The molecule has 0 bridgehead atoms. The van der Waals surface area contributed by atoms with Crippen molar-refractivity contribution in [1.82, 2.24) is 39.5 Å². The summed E-state index contributed by atoms with van der Waals surface area (Å²) in [6, 6.07) is 41.9. The van der Waals surface area contributed by atoms with Crippen LogP contribution in [0.5, 0.6) is 0 Å². The maximum Gasteiger partial charge on any atom is 0.435 e. The molecule has 7 heterocycles. The van der Waals surface area contributed by atoms with Crippen LogP contribution in [0.25, 0.3) is 58.2 Å². The van der Waals surface area contributed by atoms with Crippen LogP contribution < -0.4 is 10.3 Å². The third kappa shape index (κ3) is 19.9. The van der Waals surface area contributed by atoms with Crippen molar-refractivity contribution in [3.8, 4) is 33.9 Å². The number of nitrogens with two attached hydrogens (primary N) is 2. The van der Waals surface area contributed by atoms with Gasteiger partial charge in [0.1, 0.15) is 0 Å². The molecule has 1 fully saturated rings. The summed E-state index contributed by atoms with van der Waals surface area (Å²) in [5.74, 6) is 0. The Morgan fingerprint density at radius 3 is 0.884 bits per heavy atom. The van der Waals surface area contributed by atoms with E-state index in [-0.39, 0.29) is 32.6 Å². The van der Waals surface area contributed by atoms with E-state index in [1.165, 1.54) is 48.5 Å². The highest BCUT2D eigenvalue weighted by molar-refractivity contribution is 7.89. The lowest BCUT2D eigenvalue weighted by Gasteiger charge is -2.09. The van der Waals surface area contributed by atoms with Gasteiger partial charge in [0.05, 0.1) is 59.0 Å². The number of primary sulfonamides is 2. The Labute approximate surface area is 492 Å². The van der Waals surface area contributed by atoms with Gasteiger partial charge in [-0.15, -0.1) is 0 Å². The molecular formula is C62H56F6N10O6S2. The van der Waals surface area contributed by atoms with Gasteiger partial charge in [-0.2, -0.15) is 36.5 Å². The third-order valence-corrected chi connectivity index (χ3v) is 13.9. The Hall–Kier alpha value is -9.30. The van der Waals surface area contributed by atoms with E-state index >= 15 is 0 Å². The minimum absolute atomic E-state index is 0.138. The maximum absolute atomic E-state index is 13.1. The fourth-order valence-electron chi connectivity index (χ4n) is 7.57. The average molecular weight is 1220 g/mol. The second-order valence-electron chi connectivity index (χ2n) is 18.5. The van der Waals surface area contributed by atoms with Crippen LogP contribution in [0, 0.1) is 13.8 Å². The minimum Gasteiger partial charge on any atom is -0.377 e. The second-order valence-corrected chi connectivity index (χ2v) is 21.6. The van der Waals surface area contributed by atoms with Crippen LogP contribution in [0.2, 0.25) is 0 Å². The van der Waals surface area contributed by atoms with Gasteiger partial charge in [0.2, 0.25) is 20.0 Å². The van der Waals surface area contributed by atoms with Crippen molar-refractivity contribution in [3.63, 3.8) is 0 Å². The van der Waals surface area contributed by atoms with E-state index in [0.29, 0.717) is 11.1 Å². The molecule has 86 heavy (non-hydrogen) atoms. The molecule has 1 aliphatic rings. The number of halogens is 6. The number of alkyl halides is 6. The zero-order valence-corrected chi connectivity index (χ0v) is 47.7. The van der Waals surface area contributed by atoms with E-state index < -0.39 is 43.8 Å². The van der Waals surface area contributed by atoms with Crippen molar-refractivity contribution >= 4 is 44.4 Å². The number of nitrogens with zero attached hydrogens (tertiary/aromatic N) is 8. The van der Waals surface area contributed by atoms with Crippen LogP contribution in [0.4, 0.5) is 26.3 Å². The van der Waals surface area contributed by atoms with E-state index in [0.717, 1.165) is 81.3 Å². The zero-order chi connectivity index (χ0) is 61.7. The lowest BCUT2D eigenvalue weighted by atomic mass is 10.1. The summed E-state index contributed by atoms with van der Waals surface area (Å²) in [5.41, 5.74) is 6.59. The molecule has 0 unspecified atom stereocenters. The number of benzene rings is 4. The topological polar surface area (TPSA) is 226 Å². The molecule has 0 amide bonds. The smallest absolute Gasteiger partial charge is 0.377 e. The fraction of sp³-hybridized carbons (Fsp3) is 0.129. The number of pyridine rings is 4. The predicted molar refractivity (Wildman–Crippen MR) is 317 cm³/mol. The molecule has 4 aromatic carbocycles. The summed E-state index contributed by atoms with van der Waals surface area (Å²) < 4.78 is 136. The van der Waals surface area contributed by atoms with E-state index in [1.807, 2.05) is 62.4 Å². The molecule has 4 N–H and O–H groups in total. The Balaban J connectivity index is 0.000000164. The van der Waals surface area contributed by atoms with E-state index in [1.54, 1.807) is 98.1 Å². The summed E-state index contributed by atoms with van der Waals surface area (Å²) in [4.78, 5) is 15.6. The Bertz CT molecular complexity index is 3650. The molecule has 16 nitrogen and oxygen atoms in total. The zero-order valence-electron chi connectivity index (χ0n) is 46.0. The summed E-state index contributed by atoms with van der Waals surface area (Å²) in [6.45, 7) is 6.85. The first-order valence-electron chi connectivity index (χ1n) is 25.9. The highest BCUT2D eigenvalue weighted by Gasteiger charge is 2.36. The molecule has 6 aromatic heterocycles. The molecule has 0 radical (unpaired) electrons. The Kier molecular flexibility index (Phi) is 22.4. The minimum atomic E-state index is -4.61. The van der Waals surface area contributed by atoms with Crippen molar-refractivity contribution in [2.75, 3.05) is 26.4 Å². The van der Waals surface area contributed by atoms with Gasteiger partial charge in [0.25, 0.3) is 0 Å². The predicted octanol–water partition coefficient (Wildman–Crippen LogP) is 12.4. The molecule has 0 saturated carbocycles. The average Bonchev–Trinajstić information content (AvgIpc) is 2.15.